The number of rotatable bonds is 2. The predicted octanol–water partition coefficient (Wildman–Crippen LogP) is 2.83. The summed E-state index contributed by atoms with van der Waals surface area (Å²) in [5.74, 6) is -1.41. The third kappa shape index (κ3) is 1.84. The first kappa shape index (κ1) is 10.9. The Morgan fingerprint density at radius 1 is 1.57 bits per heavy atom. The van der Waals surface area contributed by atoms with E-state index in [9.17, 15) is 23.3 Å². The van der Waals surface area contributed by atoms with Crippen molar-refractivity contribution in [2.75, 3.05) is 0 Å². The molecule has 0 aliphatic rings. The van der Waals surface area contributed by atoms with Gasteiger partial charge in [-0.05, 0) is 15.9 Å². The molecule has 0 amide bonds. The summed E-state index contributed by atoms with van der Waals surface area (Å²) in [6.45, 7) is 0. The van der Waals surface area contributed by atoms with Gasteiger partial charge in [0.2, 0.25) is 0 Å². The summed E-state index contributed by atoms with van der Waals surface area (Å²) in [6.07, 6.45) is -2.53. The Kier molecular flexibility index (Phi) is 3.04. The van der Waals surface area contributed by atoms with Crippen LogP contribution in [0.25, 0.3) is 0 Å². The highest BCUT2D eigenvalue weighted by Crippen LogP contribution is 2.31. The van der Waals surface area contributed by atoms with Crippen molar-refractivity contribution in [3.63, 3.8) is 0 Å². The topological polar surface area (TPSA) is 56.0 Å². The van der Waals surface area contributed by atoms with Crippen LogP contribution < -0.4 is 0 Å². The summed E-state index contributed by atoms with van der Waals surface area (Å²) >= 11 is 2.51. The average molecular weight is 271 g/mol. The molecule has 0 saturated carbocycles. The fourth-order valence-corrected chi connectivity index (χ4v) is 1.20. The monoisotopic (exact) mass is 270 g/mol. The van der Waals surface area contributed by atoms with Gasteiger partial charge >= 0.3 is 5.69 Å². The lowest BCUT2D eigenvalue weighted by atomic mass is 10.3. The zero-order chi connectivity index (χ0) is 10.9. The van der Waals surface area contributed by atoms with Crippen molar-refractivity contribution < 1.29 is 18.1 Å². The smallest absolute Gasteiger partial charge is 0.258 e. The molecular weight excluding hydrogens is 269 g/mol. The predicted molar refractivity (Wildman–Crippen MR) is 43.5 cm³/mol. The van der Waals surface area contributed by atoms with Crippen LogP contribution >= 0.6 is 15.9 Å². The first-order chi connectivity index (χ1) is 6.45. The van der Waals surface area contributed by atoms with Crippen LogP contribution in [0.1, 0.15) is 12.1 Å². The van der Waals surface area contributed by atoms with Crippen LogP contribution in [-0.4, -0.2) is 9.91 Å². The zero-order valence-corrected chi connectivity index (χ0v) is 7.96. The van der Waals surface area contributed by atoms with E-state index in [0.29, 0.717) is 6.20 Å². The van der Waals surface area contributed by atoms with Crippen molar-refractivity contribution in [1.29, 1.82) is 0 Å². The maximum absolute atomic E-state index is 13.0. The molecular formula is C6H2BrF3N2O2. The van der Waals surface area contributed by atoms with E-state index >= 15 is 0 Å². The Hall–Kier alpha value is -1.18. The number of aromatic nitrogens is 1. The van der Waals surface area contributed by atoms with Crippen molar-refractivity contribution in [2.45, 2.75) is 6.43 Å². The number of hydrogen-bond donors (Lipinski definition) is 0. The van der Waals surface area contributed by atoms with Crippen LogP contribution in [0.4, 0.5) is 18.9 Å². The largest absolute Gasteiger partial charge is 0.304 e. The van der Waals surface area contributed by atoms with Gasteiger partial charge in [0.05, 0.1) is 4.92 Å². The summed E-state index contributed by atoms with van der Waals surface area (Å²) in [6, 6.07) is 0. The number of nitrogens with zero attached hydrogens (tertiary/aromatic N) is 2. The van der Waals surface area contributed by atoms with Gasteiger partial charge in [-0.2, -0.15) is 0 Å². The minimum atomic E-state index is -3.10. The van der Waals surface area contributed by atoms with E-state index in [1.165, 1.54) is 0 Å². The summed E-state index contributed by atoms with van der Waals surface area (Å²) in [5, 5.41) is 10.2. The standard InChI is InChI=1S/C6H2BrF3N2O2/c7-3-2(12(13)14)1-11-5(4(3)8)6(9)10/h1,6H. The minimum Gasteiger partial charge on any atom is -0.258 e. The normalized spacial score (nSPS) is 10.6. The minimum absolute atomic E-state index is 0.578. The maximum Gasteiger partial charge on any atom is 0.304 e. The molecule has 14 heavy (non-hydrogen) atoms. The van der Waals surface area contributed by atoms with Gasteiger partial charge in [-0.25, -0.2) is 18.2 Å². The third-order valence-corrected chi connectivity index (χ3v) is 2.13. The molecule has 0 N–H and O–H groups in total. The Labute approximate surface area is 84.0 Å². The molecule has 4 nitrogen and oxygen atoms in total. The second-order valence-electron chi connectivity index (χ2n) is 2.21. The number of halogens is 4. The fraction of sp³-hybridized carbons (Fsp3) is 0.167. The second kappa shape index (κ2) is 3.91. The van der Waals surface area contributed by atoms with Gasteiger partial charge in [-0.15, -0.1) is 0 Å². The first-order valence-electron chi connectivity index (χ1n) is 3.21. The molecule has 0 radical (unpaired) electrons. The maximum atomic E-state index is 13.0. The molecule has 0 aliphatic heterocycles. The lowest BCUT2D eigenvalue weighted by Crippen LogP contribution is -2.00. The Morgan fingerprint density at radius 2 is 2.14 bits per heavy atom. The SMILES string of the molecule is O=[N+]([O-])c1cnc(C(F)F)c(F)c1Br. The van der Waals surface area contributed by atoms with Gasteiger partial charge in [-0.1, -0.05) is 0 Å². The number of hydrogen-bond acceptors (Lipinski definition) is 3. The van der Waals surface area contributed by atoms with Crippen LogP contribution in [0.5, 0.6) is 0 Å². The highest BCUT2D eigenvalue weighted by Gasteiger charge is 2.24. The van der Waals surface area contributed by atoms with Crippen LogP contribution in [0.15, 0.2) is 10.7 Å². The van der Waals surface area contributed by atoms with Crippen LogP contribution in [-0.2, 0) is 0 Å². The molecule has 0 unspecified atom stereocenters. The van der Waals surface area contributed by atoms with E-state index in [-0.39, 0.29) is 0 Å². The second-order valence-corrected chi connectivity index (χ2v) is 3.01. The molecule has 1 aromatic heterocycles. The summed E-state index contributed by atoms with van der Waals surface area (Å²) < 4.78 is 36.5. The van der Waals surface area contributed by atoms with Crippen molar-refractivity contribution in [2.24, 2.45) is 0 Å². The van der Waals surface area contributed by atoms with Gasteiger partial charge in [-0.3, -0.25) is 10.1 Å². The molecule has 0 saturated heterocycles. The highest BCUT2D eigenvalue weighted by molar-refractivity contribution is 9.10. The highest BCUT2D eigenvalue weighted by atomic mass is 79.9. The van der Waals surface area contributed by atoms with Crippen molar-refractivity contribution in [3.05, 3.63) is 32.3 Å². The number of pyridine rings is 1. The van der Waals surface area contributed by atoms with Gasteiger partial charge < -0.3 is 0 Å². The van der Waals surface area contributed by atoms with Gasteiger partial charge in [0.25, 0.3) is 6.43 Å². The third-order valence-electron chi connectivity index (χ3n) is 1.37. The van der Waals surface area contributed by atoms with Crippen molar-refractivity contribution in [1.82, 2.24) is 4.98 Å². The molecule has 0 fully saturated rings. The first-order valence-corrected chi connectivity index (χ1v) is 4.01. The molecule has 0 atom stereocenters. The van der Waals surface area contributed by atoms with Gasteiger partial charge in [0.15, 0.2) is 5.82 Å². The summed E-state index contributed by atoms with van der Waals surface area (Å²) in [7, 11) is 0. The van der Waals surface area contributed by atoms with Crippen molar-refractivity contribution in [3.8, 4) is 0 Å². The Morgan fingerprint density at radius 3 is 2.57 bits per heavy atom. The van der Waals surface area contributed by atoms with E-state index in [1.807, 2.05) is 0 Å². The molecule has 0 aromatic carbocycles. The molecule has 0 spiro atoms. The quantitative estimate of drug-likeness (QED) is 0.613. The van der Waals surface area contributed by atoms with E-state index < -0.39 is 33.0 Å². The molecule has 76 valence electrons. The fourth-order valence-electron chi connectivity index (χ4n) is 0.748. The molecule has 0 aliphatic carbocycles. The van der Waals surface area contributed by atoms with Crippen LogP contribution in [0.2, 0.25) is 0 Å². The summed E-state index contributed by atoms with van der Waals surface area (Å²) in [5.41, 5.74) is -1.80. The van der Waals surface area contributed by atoms with Gasteiger partial charge in [0.1, 0.15) is 16.4 Å². The van der Waals surface area contributed by atoms with Crippen LogP contribution in [0, 0.1) is 15.9 Å². The Bertz CT molecular complexity index is 386. The van der Waals surface area contributed by atoms with E-state index in [4.69, 9.17) is 0 Å². The molecule has 1 aromatic rings. The number of nitro groups is 1. The molecule has 1 heterocycles. The summed E-state index contributed by atoms with van der Waals surface area (Å²) in [4.78, 5) is 12.3. The zero-order valence-electron chi connectivity index (χ0n) is 6.38. The average Bonchev–Trinajstić information content (AvgIpc) is 2.08. The van der Waals surface area contributed by atoms with Gasteiger partial charge in [0, 0.05) is 0 Å². The molecule has 1 rings (SSSR count). The Balaban J connectivity index is 3.33. The molecule has 8 heteroatoms. The lowest BCUT2D eigenvalue weighted by Gasteiger charge is -2.02. The van der Waals surface area contributed by atoms with E-state index in [2.05, 4.69) is 20.9 Å². The van der Waals surface area contributed by atoms with Crippen LogP contribution in [0.3, 0.4) is 0 Å². The van der Waals surface area contributed by atoms with Crippen molar-refractivity contribution >= 4 is 21.6 Å². The molecule has 0 bridgehead atoms. The van der Waals surface area contributed by atoms with E-state index in [0.717, 1.165) is 0 Å². The van der Waals surface area contributed by atoms with E-state index in [1.54, 1.807) is 0 Å². The lowest BCUT2D eigenvalue weighted by molar-refractivity contribution is -0.386. The number of alkyl halides is 2.